The van der Waals surface area contributed by atoms with E-state index in [4.69, 9.17) is 33.2 Å². The molecule has 1 aromatic rings. The molecule has 12 nitrogen and oxygen atoms in total. The van der Waals surface area contributed by atoms with Crippen molar-refractivity contribution in [3.05, 3.63) is 23.8 Å². The van der Waals surface area contributed by atoms with Gasteiger partial charge in [-0.15, -0.1) is 0 Å². The number of aliphatic hydroxyl groups is 1. The molecule has 208 valence electrons. The molecule has 0 spiro atoms. The lowest BCUT2D eigenvalue weighted by molar-refractivity contribution is -0.137. The Morgan fingerprint density at radius 3 is 1.65 bits per heavy atom. The van der Waals surface area contributed by atoms with Gasteiger partial charge in [0.25, 0.3) is 11.8 Å². The Hall–Kier alpha value is -2.48. The summed E-state index contributed by atoms with van der Waals surface area (Å²) < 4.78 is 39.6. The first-order chi connectivity index (χ1) is 18.1. The Morgan fingerprint density at radius 2 is 1.22 bits per heavy atom. The Balaban J connectivity index is 1.87. The zero-order chi connectivity index (χ0) is 26.3. The molecule has 3 heterocycles. The van der Waals surface area contributed by atoms with Crippen molar-refractivity contribution in [3.63, 3.8) is 0 Å². The van der Waals surface area contributed by atoms with E-state index in [0.29, 0.717) is 90.3 Å². The number of fused-ring (bicyclic) bond motifs is 18. The number of methoxy groups -OCH3 is 1. The van der Waals surface area contributed by atoms with E-state index in [1.165, 1.54) is 7.11 Å². The van der Waals surface area contributed by atoms with Gasteiger partial charge in [-0.25, -0.2) is 0 Å². The lowest BCUT2D eigenvalue weighted by Crippen LogP contribution is -2.41. The van der Waals surface area contributed by atoms with Crippen LogP contribution in [0.15, 0.2) is 18.2 Å². The minimum absolute atomic E-state index is 0.236. The van der Waals surface area contributed by atoms with Gasteiger partial charge >= 0.3 is 0 Å². The van der Waals surface area contributed by atoms with E-state index in [9.17, 15) is 14.7 Å². The second-order valence-electron chi connectivity index (χ2n) is 8.40. The maximum atomic E-state index is 13.0. The third-order valence-corrected chi connectivity index (χ3v) is 5.96. The number of carbonyl (C=O) groups is 2. The van der Waals surface area contributed by atoms with Crippen LogP contribution in [0.2, 0.25) is 0 Å². The fraction of sp³-hybridized carbons (Fsp3) is 0.680. The van der Waals surface area contributed by atoms with Crippen LogP contribution < -0.4 is 9.47 Å². The van der Waals surface area contributed by atoms with E-state index >= 15 is 0 Å². The number of nitrogens with zero attached hydrogens (tertiary/aromatic N) is 2. The summed E-state index contributed by atoms with van der Waals surface area (Å²) in [5.41, 5.74) is 0.644. The van der Waals surface area contributed by atoms with Gasteiger partial charge in [-0.05, 0) is 17.7 Å². The normalized spacial score (nSPS) is 20.9. The molecule has 1 unspecified atom stereocenters. The molecule has 3 aliphatic rings. The summed E-state index contributed by atoms with van der Waals surface area (Å²) >= 11 is 0. The third-order valence-electron chi connectivity index (χ3n) is 5.96. The smallest absolute Gasteiger partial charge is 0.260 e. The van der Waals surface area contributed by atoms with E-state index in [1.54, 1.807) is 28.0 Å². The molecule has 0 saturated carbocycles. The van der Waals surface area contributed by atoms with Crippen LogP contribution in [0.5, 0.6) is 11.5 Å². The van der Waals surface area contributed by atoms with Crippen molar-refractivity contribution in [2.45, 2.75) is 6.10 Å². The van der Waals surface area contributed by atoms with Crippen LogP contribution in [-0.4, -0.2) is 133 Å². The summed E-state index contributed by atoms with van der Waals surface area (Å²) in [5, 5.41) is 9.63. The van der Waals surface area contributed by atoms with Crippen LogP contribution in [0, 0.1) is 0 Å². The van der Waals surface area contributed by atoms with Crippen LogP contribution in [0.25, 0.3) is 0 Å². The van der Waals surface area contributed by atoms with Gasteiger partial charge in [0.1, 0.15) is 6.10 Å². The lowest BCUT2D eigenvalue weighted by atomic mass is 10.1. The molecule has 0 aliphatic carbocycles. The van der Waals surface area contributed by atoms with Crippen LogP contribution in [0.4, 0.5) is 0 Å². The predicted octanol–water partition coefficient (Wildman–Crippen LogP) is -0.125. The summed E-state index contributed by atoms with van der Waals surface area (Å²) in [6.07, 6.45) is -0.578. The van der Waals surface area contributed by atoms with Gasteiger partial charge in [0.15, 0.2) is 24.7 Å². The van der Waals surface area contributed by atoms with Gasteiger partial charge in [-0.1, -0.05) is 6.07 Å². The molecule has 1 N–H and O–H groups in total. The van der Waals surface area contributed by atoms with Crippen LogP contribution in [-0.2, 0) is 33.3 Å². The molecule has 4 rings (SSSR count). The molecule has 0 radical (unpaired) electrons. The fourth-order valence-electron chi connectivity index (χ4n) is 3.80. The average molecular weight is 527 g/mol. The number of ether oxygens (including phenoxy) is 7. The minimum atomic E-state index is -0.578. The molecule has 37 heavy (non-hydrogen) atoms. The molecule has 1 fully saturated rings. The standard InChI is InChI=1S/C25H38N2O10/c1-31-23(17-28)20-2-3-21-22(16-20)37-19-25(30)27-6-10-34-14-12-32-8-4-26(24(29)18-36-21)5-9-33-13-15-35-11-7-27/h2-3,16,23,28H,4-15,17-19H2,1H3. The highest BCUT2D eigenvalue weighted by Crippen LogP contribution is 2.31. The first-order valence-corrected chi connectivity index (χ1v) is 12.5. The van der Waals surface area contributed by atoms with Gasteiger partial charge in [-0.3, -0.25) is 9.59 Å². The number of carbonyl (C=O) groups excluding carboxylic acids is 2. The van der Waals surface area contributed by atoms with Gasteiger partial charge in [0.05, 0.1) is 59.5 Å². The van der Waals surface area contributed by atoms with E-state index in [2.05, 4.69) is 0 Å². The minimum Gasteiger partial charge on any atom is -0.480 e. The zero-order valence-electron chi connectivity index (χ0n) is 21.4. The number of rotatable bonds is 3. The van der Waals surface area contributed by atoms with Crippen molar-refractivity contribution >= 4 is 11.8 Å². The second kappa shape index (κ2) is 16.4. The van der Waals surface area contributed by atoms with Crippen LogP contribution >= 0.6 is 0 Å². The molecule has 2 amide bonds. The Morgan fingerprint density at radius 1 is 0.757 bits per heavy atom. The van der Waals surface area contributed by atoms with E-state index in [1.807, 2.05) is 0 Å². The van der Waals surface area contributed by atoms with Crippen molar-refractivity contribution in [1.29, 1.82) is 0 Å². The third kappa shape index (κ3) is 9.72. The first kappa shape index (κ1) is 29.1. The van der Waals surface area contributed by atoms with Gasteiger partial charge in [-0.2, -0.15) is 0 Å². The molecule has 1 aromatic carbocycles. The molecular weight excluding hydrogens is 488 g/mol. The van der Waals surface area contributed by atoms with Crippen molar-refractivity contribution in [2.75, 3.05) is 106 Å². The van der Waals surface area contributed by atoms with Gasteiger partial charge < -0.3 is 48.1 Å². The summed E-state index contributed by atoms with van der Waals surface area (Å²) in [5.74, 6) is 0.0583. The second-order valence-corrected chi connectivity index (χ2v) is 8.40. The maximum Gasteiger partial charge on any atom is 0.260 e. The quantitative estimate of drug-likeness (QED) is 0.570. The summed E-state index contributed by atoms with van der Waals surface area (Å²) in [6, 6.07) is 5.00. The van der Waals surface area contributed by atoms with Crippen LogP contribution in [0.1, 0.15) is 11.7 Å². The van der Waals surface area contributed by atoms with Crippen molar-refractivity contribution < 1.29 is 47.9 Å². The maximum absolute atomic E-state index is 13.0. The van der Waals surface area contributed by atoms with Gasteiger partial charge in [0, 0.05) is 33.3 Å². The largest absolute Gasteiger partial charge is 0.480 e. The van der Waals surface area contributed by atoms with Crippen molar-refractivity contribution in [3.8, 4) is 11.5 Å². The topological polar surface area (TPSA) is 125 Å². The highest BCUT2D eigenvalue weighted by Gasteiger charge is 2.20. The molecule has 1 saturated heterocycles. The molecule has 0 aromatic heterocycles. The Labute approximate surface area is 217 Å². The summed E-state index contributed by atoms with van der Waals surface area (Å²) in [4.78, 5) is 29.3. The molecular formula is C25H38N2O10. The fourth-order valence-corrected chi connectivity index (χ4v) is 3.80. The van der Waals surface area contributed by atoms with E-state index < -0.39 is 6.10 Å². The number of hydrogen-bond donors (Lipinski definition) is 1. The van der Waals surface area contributed by atoms with E-state index in [0.717, 1.165) is 0 Å². The van der Waals surface area contributed by atoms with Crippen molar-refractivity contribution in [1.82, 2.24) is 9.80 Å². The molecule has 12 heteroatoms. The Bertz CT molecular complexity index is 816. The highest BCUT2D eigenvalue weighted by atomic mass is 16.5. The molecule has 3 aliphatic heterocycles. The number of amides is 2. The van der Waals surface area contributed by atoms with E-state index in [-0.39, 0.29) is 37.4 Å². The molecule has 1 atom stereocenters. The number of benzene rings is 1. The predicted molar refractivity (Wildman–Crippen MR) is 131 cm³/mol. The van der Waals surface area contributed by atoms with Gasteiger partial charge in [0.2, 0.25) is 0 Å². The SMILES string of the molecule is COC(CO)c1ccc2c(c1)OCC(=O)N1CCOCCOCCN(CCOCCOCC1)C(=O)CO2. The highest BCUT2D eigenvalue weighted by molar-refractivity contribution is 5.78. The number of hydrogen-bond acceptors (Lipinski definition) is 10. The summed E-state index contributed by atoms with van der Waals surface area (Å²) in [6.45, 7) is 3.58. The first-order valence-electron chi connectivity index (χ1n) is 12.5. The average Bonchev–Trinajstić information content (AvgIpc) is 2.91. The lowest BCUT2D eigenvalue weighted by Gasteiger charge is -2.25. The number of aliphatic hydroxyl groups excluding tert-OH is 1. The molecule has 2 bridgehead atoms. The zero-order valence-corrected chi connectivity index (χ0v) is 21.4. The Kier molecular flexibility index (Phi) is 12.9. The van der Waals surface area contributed by atoms with Crippen molar-refractivity contribution in [2.24, 2.45) is 0 Å². The monoisotopic (exact) mass is 526 g/mol. The summed E-state index contributed by atoms with van der Waals surface area (Å²) in [7, 11) is 1.49. The van der Waals surface area contributed by atoms with Crippen LogP contribution in [0.3, 0.4) is 0 Å².